The fourth-order valence-electron chi connectivity index (χ4n) is 17.8. The van der Waals surface area contributed by atoms with Gasteiger partial charge in [0.2, 0.25) is 0 Å². The van der Waals surface area contributed by atoms with Crippen LogP contribution in [-0.4, -0.2) is 29.9 Å². The highest BCUT2D eigenvalue weighted by molar-refractivity contribution is 7.27. The molecule has 0 aliphatic carbocycles. The lowest BCUT2D eigenvalue weighted by atomic mass is 9.92. The second-order valence-electron chi connectivity index (χ2n) is 32.3. The molecule has 0 spiro atoms. The van der Waals surface area contributed by atoms with Crippen LogP contribution in [0.4, 0.5) is 0 Å². The van der Waals surface area contributed by atoms with Gasteiger partial charge in [-0.1, -0.05) is 388 Å². The van der Waals surface area contributed by atoms with E-state index in [0.29, 0.717) is 0 Å². The molecule has 0 unspecified atom stereocenters. The summed E-state index contributed by atoms with van der Waals surface area (Å²) in [7, 11) is 0. The molecule has 6 nitrogen and oxygen atoms in total. The molecule has 0 bridgehead atoms. The maximum atomic E-state index is 5.33. The van der Waals surface area contributed by atoms with Crippen LogP contribution in [0.2, 0.25) is 0 Å². The molecule has 604 valence electrons. The number of fused-ring (bicyclic) bond motifs is 15. The molecular formula is C120H76N6S3. The van der Waals surface area contributed by atoms with Gasteiger partial charge in [-0.3, -0.25) is 0 Å². The van der Waals surface area contributed by atoms with E-state index in [-0.39, 0.29) is 0 Å². The van der Waals surface area contributed by atoms with Crippen LogP contribution in [0, 0.1) is 0 Å². The normalized spacial score (nSPS) is 11.4. The van der Waals surface area contributed by atoms with Crippen molar-refractivity contribution in [3.63, 3.8) is 0 Å². The summed E-state index contributed by atoms with van der Waals surface area (Å²) in [4.78, 5) is 31.2. The fourth-order valence-corrected chi connectivity index (χ4v) is 21.4. The molecule has 0 aliphatic rings. The highest BCUT2D eigenvalue weighted by Gasteiger charge is 2.23. The standard InChI is InChI=1S/C50H32N2S.C38H24N2S.C32H20N2S/c1-4-14-33(15-5-1)40-30-41(34-16-6-2-7-17-34)32-42(31-40)38-22-12-20-36(28-38)37-21-13-23-39(29-37)50-51-47(35-18-8-3-9-19-35)45-27-26-44-43-24-10-11-25-46(43)53-49(44)48(45)52-50;1-3-10-25(11-4-1)29-14-9-15-30(24-29)26-18-20-28(21-19-26)38-39-35(27-12-5-2-6-13-27)33-23-22-32-31-16-7-8-17-34(31)41-37(32)36(33)40-38;1-3-9-21(10-4-1)22-15-17-23(18-16-22)29-27-20-19-26-25-13-7-8-14-28(25)35-31(26)30(27)34-32(33-29)24-11-5-2-6-12-24/h1-32H;1-24H;1-20H. The molecule has 0 saturated carbocycles. The molecule has 9 heteroatoms. The van der Waals surface area contributed by atoms with E-state index >= 15 is 0 Å². The van der Waals surface area contributed by atoms with Gasteiger partial charge in [0.1, 0.15) is 0 Å². The summed E-state index contributed by atoms with van der Waals surface area (Å²) in [6.45, 7) is 0. The number of hydrogen-bond acceptors (Lipinski definition) is 9. The average Bonchev–Trinajstić information content (AvgIpc) is 1.67. The number of nitrogens with zero attached hydrogens (tertiary/aromatic N) is 6. The number of rotatable bonds is 13. The minimum absolute atomic E-state index is 0.724. The van der Waals surface area contributed by atoms with Gasteiger partial charge in [0.25, 0.3) is 0 Å². The molecule has 0 radical (unpaired) electrons. The van der Waals surface area contributed by atoms with Crippen molar-refractivity contribution in [2.75, 3.05) is 0 Å². The third kappa shape index (κ3) is 15.2. The first kappa shape index (κ1) is 77.6. The number of benzene rings is 19. The van der Waals surface area contributed by atoms with E-state index in [1.807, 2.05) is 64.3 Å². The molecule has 0 fully saturated rings. The van der Waals surface area contributed by atoms with E-state index in [4.69, 9.17) is 29.9 Å². The Morgan fingerprint density at radius 2 is 0.326 bits per heavy atom. The maximum absolute atomic E-state index is 5.33. The Bertz CT molecular complexity index is 8440. The van der Waals surface area contributed by atoms with Gasteiger partial charge in [-0.15, -0.1) is 34.0 Å². The molecule has 0 N–H and O–H groups in total. The van der Waals surface area contributed by atoms with Crippen LogP contribution in [-0.2, 0) is 0 Å². The molecule has 6 heterocycles. The monoisotopic (exact) mass is 1700 g/mol. The third-order valence-electron chi connectivity index (χ3n) is 24.3. The summed E-state index contributed by atoms with van der Waals surface area (Å²) in [5.41, 5.74) is 28.8. The van der Waals surface area contributed by atoms with E-state index in [0.717, 1.165) is 112 Å². The highest BCUT2D eigenvalue weighted by Crippen LogP contribution is 2.47. The molecule has 0 atom stereocenters. The van der Waals surface area contributed by atoms with Gasteiger partial charge in [-0.05, 0) is 151 Å². The largest absolute Gasteiger partial charge is 0.227 e. The van der Waals surface area contributed by atoms with E-state index in [9.17, 15) is 0 Å². The van der Waals surface area contributed by atoms with Crippen LogP contribution in [0.5, 0.6) is 0 Å². The Labute approximate surface area is 758 Å². The number of hydrogen-bond donors (Lipinski definition) is 0. The Morgan fingerprint density at radius 1 is 0.124 bits per heavy atom. The summed E-state index contributed by atoms with van der Waals surface area (Å²) >= 11 is 5.42. The van der Waals surface area contributed by atoms with Gasteiger partial charge in [-0.25, -0.2) is 29.9 Å². The van der Waals surface area contributed by atoms with Gasteiger partial charge in [0.15, 0.2) is 17.5 Å². The van der Waals surface area contributed by atoms with Crippen LogP contribution < -0.4 is 0 Å². The molecule has 0 saturated heterocycles. The molecule has 25 rings (SSSR count). The topological polar surface area (TPSA) is 77.3 Å². The van der Waals surface area contributed by atoms with Crippen LogP contribution in [0.25, 0.3) is 239 Å². The molecule has 25 aromatic rings. The second-order valence-corrected chi connectivity index (χ2v) is 35.4. The van der Waals surface area contributed by atoms with Crippen molar-refractivity contribution in [1.82, 2.24) is 29.9 Å². The van der Waals surface area contributed by atoms with Crippen LogP contribution in [0.1, 0.15) is 0 Å². The van der Waals surface area contributed by atoms with Gasteiger partial charge < -0.3 is 0 Å². The zero-order chi connectivity index (χ0) is 85.5. The molecule has 19 aromatic carbocycles. The first-order chi connectivity index (χ1) is 63.9. The van der Waals surface area contributed by atoms with Crippen LogP contribution in [0.15, 0.2) is 461 Å². The molecule has 129 heavy (non-hydrogen) atoms. The van der Waals surface area contributed by atoms with Crippen molar-refractivity contribution in [3.8, 4) is 146 Å². The van der Waals surface area contributed by atoms with Crippen molar-refractivity contribution >= 4 is 127 Å². The van der Waals surface area contributed by atoms with Gasteiger partial charge >= 0.3 is 0 Å². The smallest absolute Gasteiger partial charge is 0.160 e. The Morgan fingerprint density at radius 3 is 0.690 bits per heavy atom. The van der Waals surface area contributed by atoms with Crippen LogP contribution in [0.3, 0.4) is 0 Å². The highest BCUT2D eigenvalue weighted by atomic mass is 32.1. The quantitative estimate of drug-likeness (QED) is 0.114. The zero-order valence-electron chi connectivity index (χ0n) is 69.8. The fraction of sp³-hybridized carbons (Fsp3) is 0. The van der Waals surface area contributed by atoms with E-state index < -0.39 is 0 Å². The van der Waals surface area contributed by atoms with Gasteiger partial charge in [0, 0.05) is 96.0 Å². The van der Waals surface area contributed by atoms with Gasteiger partial charge in [-0.2, -0.15) is 0 Å². The van der Waals surface area contributed by atoms with Crippen molar-refractivity contribution in [3.05, 3.63) is 461 Å². The number of aromatic nitrogens is 6. The third-order valence-corrected chi connectivity index (χ3v) is 27.8. The van der Waals surface area contributed by atoms with Crippen molar-refractivity contribution in [1.29, 1.82) is 0 Å². The minimum Gasteiger partial charge on any atom is -0.227 e. The molecular weight excluding hydrogens is 1620 g/mol. The summed E-state index contributed by atoms with van der Waals surface area (Å²) in [5, 5.41) is 10.8. The summed E-state index contributed by atoms with van der Waals surface area (Å²) in [5.74, 6) is 2.22. The first-order valence-corrected chi connectivity index (χ1v) is 45.8. The average molecular weight is 1700 g/mol. The lowest BCUT2D eigenvalue weighted by molar-refractivity contribution is 1.23. The van der Waals surface area contributed by atoms with Gasteiger partial charge in [0.05, 0.1) is 47.7 Å². The summed E-state index contributed by atoms with van der Waals surface area (Å²) < 4.78 is 7.44. The van der Waals surface area contributed by atoms with E-state index in [1.165, 1.54) is 127 Å². The first-order valence-electron chi connectivity index (χ1n) is 43.3. The Kier molecular flexibility index (Phi) is 20.5. The van der Waals surface area contributed by atoms with Crippen molar-refractivity contribution < 1.29 is 0 Å². The summed E-state index contributed by atoms with van der Waals surface area (Å²) in [6.07, 6.45) is 0. The predicted octanol–water partition coefficient (Wildman–Crippen LogP) is 33.7. The lowest BCUT2D eigenvalue weighted by Gasteiger charge is -2.13. The van der Waals surface area contributed by atoms with E-state index in [2.05, 4.69) is 431 Å². The predicted molar refractivity (Wildman–Crippen MR) is 548 cm³/mol. The maximum Gasteiger partial charge on any atom is 0.160 e. The van der Waals surface area contributed by atoms with Crippen molar-refractivity contribution in [2.45, 2.75) is 0 Å². The second kappa shape index (κ2) is 34.1. The lowest BCUT2D eigenvalue weighted by Crippen LogP contribution is -1.95. The Hall–Kier alpha value is -16.1. The number of thiophene rings is 3. The molecule has 6 aromatic heterocycles. The summed E-state index contributed by atoms with van der Waals surface area (Å²) in [6, 6.07) is 163. The van der Waals surface area contributed by atoms with E-state index in [1.54, 1.807) is 0 Å². The minimum atomic E-state index is 0.724. The zero-order valence-corrected chi connectivity index (χ0v) is 72.2. The molecule has 0 amide bonds. The van der Waals surface area contributed by atoms with Crippen molar-refractivity contribution in [2.24, 2.45) is 0 Å². The molecule has 0 aliphatic heterocycles. The Balaban J connectivity index is 0.000000113. The van der Waals surface area contributed by atoms with Crippen LogP contribution >= 0.6 is 34.0 Å². The SMILES string of the molecule is c1ccc(-c2cc(-c3ccccc3)cc(-c3cccc(-c4cccc(-c5nc(-c6ccccc6)c6ccc7c8ccccc8sc7c6n5)c4)c3)c2)cc1.c1ccc(-c2ccc(-c3nc(-c4ccccc4)nc4c3ccc3c5ccccc5sc34)cc2)cc1.c1ccc(-c2cccc(-c3ccc(-c4nc(-c5ccccc5)c5ccc6c7ccccc7sc6c5n4)cc3)c2)cc1.